The third-order valence-corrected chi connectivity index (χ3v) is 6.79. The van der Waals surface area contributed by atoms with Crippen molar-refractivity contribution in [1.29, 1.82) is 0 Å². The minimum absolute atomic E-state index is 0.236. The van der Waals surface area contributed by atoms with Crippen molar-refractivity contribution in [1.82, 2.24) is 0 Å². The monoisotopic (exact) mass is 517 g/mol. The Labute approximate surface area is 226 Å². The maximum Gasteiger partial charge on any atom is 0.337 e. The molecule has 0 bridgehead atoms. The second-order valence-electron chi connectivity index (χ2n) is 10.9. The van der Waals surface area contributed by atoms with E-state index in [4.69, 9.17) is 9.47 Å². The third kappa shape index (κ3) is 5.91. The molecule has 6 nitrogen and oxygen atoms in total. The van der Waals surface area contributed by atoms with E-state index < -0.39 is 17.7 Å². The number of carbonyl (C=O) groups is 2. The molecular weight excluding hydrogens is 478 g/mol. The predicted molar refractivity (Wildman–Crippen MR) is 153 cm³/mol. The zero-order valence-corrected chi connectivity index (χ0v) is 24.1. The van der Waals surface area contributed by atoms with E-state index in [1.807, 2.05) is 65.8 Å². The minimum Gasteiger partial charge on any atom is -0.496 e. The van der Waals surface area contributed by atoms with Crippen LogP contribution in [0.25, 0.3) is 22.3 Å². The molecular formula is C32H39NO5. The normalized spacial score (nSPS) is 12.3. The first-order valence-electron chi connectivity index (χ1n) is 12.7. The summed E-state index contributed by atoms with van der Waals surface area (Å²) >= 11 is 0. The topological polar surface area (TPSA) is 84.9 Å². The zero-order chi connectivity index (χ0) is 28.5. The van der Waals surface area contributed by atoms with Gasteiger partial charge in [0.1, 0.15) is 5.75 Å². The van der Waals surface area contributed by atoms with Crippen molar-refractivity contribution in [2.45, 2.75) is 74.0 Å². The number of nitrogens with one attached hydrogen (secondary N) is 1. The van der Waals surface area contributed by atoms with E-state index in [9.17, 15) is 14.7 Å². The van der Waals surface area contributed by atoms with Crippen LogP contribution in [0.3, 0.4) is 0 Å². The van der Waals surface area contributed by atoms with E-state index in [0.29, 0.717) is 16.8 Å². The number of amides is 1. The van der Waals surface area contributed by atoms with Crippen molar-refractivity contribution in [3.63, 3.8) is 0 Å². The molecule has 3 aromatic carbocycles. The van der Waals surface area contributed by atoms with E-state index in [0.717, 1.165) is 50.3 Å². The second-order valence-corrected chi connectivity index (χ2v) is 10.9. The SMILES string of the molecule is COc1ccc(-c2c(C)c(-c3ccc(C)c(C)c3)c(NC(C)=O)c(C)c2C(OC(C)(C)C)C(=O)O)cc1C. The lowest BCUT2D eigenvalue weighted by Gasteiger charge is -2.31. The Hall–Kier alpha value is -3.64. The van der Waals surface area contributed by atoms with Crippen molar-refractivity contribution < 1.29 is 24.2 Å². The van der Waals surface area contributed by atoms with Gasteiger partial charge in [0.05, 0.1) is 18.4 Å². The van der Waals surface area contributed by atoms with Crippen molar-refractivity contribution >= 4 is 17.6 Å². The molecule has 0 fully saturated rings. The van der Waals surface area contributed by atoms with Crippen LogP contribution in [-0.4, -0.2) is 29.7 Å². The van der Waals surface area contributed by atoms with Gasteiger partial charge in [-0.05, 0) is 112 Å². The van der Waals surface area contributed by atoms with E-state index in [1.54, 1.807) is 7.11 Å². The molecule has 0 saturated carbocycles. The van der Waals surface area contributed by atoms with E-state index in [-0.39, 0.29) is 5.91 Å². The molecule has 202 valence electrons. The van der Waals surface area contributed by atoms with Crippen LogP contribution >= 0.6 is 0 Å². The van der Waals surface area contributed by atoms with Gasteiger partial charge in [-0.3, -0.25) is 4.79 Å². The van der Waals surface area contributed by atoms with Crippen LogP contribution in [0.2, 0.25) is 0 Å². The highest BCUT2D eigenvalue weighted by Gasteiger charge is 2.34. The number of aliphatic carboxylic acids is 1. The fourth-order valence-electron chi connectivity index (χ4n) is 4.93. The van der Waals surface area contributed by atoms with Crippen LogP contribution < -0.4 is 10.1 Å². The zero-order valence-electron chi connectivity index (χ0n) is 24.1. The molecule has 0 saturated heterocycles. The van der Waals surface area contributed by atoms with Crippen LogP contribution in [0.15, 0.2) is 36.4 Å². The average molecular weight is 518 g/mol. The number of hydrogen-bond donors (Lipinski definition) is 2. The molecule has 2 N–H and O–H groups in total. The smallest absolute Gasteiger partial charge is 0.337 e. The van der Waals surface area contributed by atoms with Crippen LogP contribution in [0.4, 0.5) is 5.69 Å². The number of benzene rings is 3. The van der Waals surface area contributed by atoms with Crippen LogP contribution in [0, 0.1) is 34.6 Å². The molecule has 1 atom stereocenters. The molecule has 0 radical (unpaired) electrons. The van der Waals surface area contributed by atoms with E-state index in [1.165, 1.54) is 6.92 Å². The molecule has 1 amide bonds. The third-order valence-electron chi connectivity index (χ3n) is 6.79. The highest BCUT2D eigenvalue weighted by Crippen LogP contribution is 2.47. The molecule has 0 aliphatic carbocycles. The lowest BCUT2D eigenvalue weighted by atomic mass is 9.81. The molecule has 38 heavy (non-hydrogen) atoms. The first-order valence-corrected chi connectivity index (χ1v) is 12.7. The van der Waals surface area contributed by atoms with Gasteiger partial charge in [0.2, 0.25) is 5.91 Å². The van der Waals surface area contributed by atoms with Gasteiger partial charge in [-0.1, -0.05) is 24.3 Å². The summed E-state index contributed by atoms with van der Waals surface area (Å²) in [5.41, 5.74) is 8.52. The van der Waals surface area contributed by atoms with Gasteiger partial charge >= 0.3 is 5.97 Å². The summed E-state index contributed by atoms with van der Waals surface area (Å²) in [6.45, 7) is 16.9. The van der Waals surface area contributed by atoms with Gasteiger partial charge in [-0.15, -0.1) is 0 Å². The molecule has 0 aliphatic rings. The summed E-state index contributed by atoms with van der Waals surface area (Å²) < 4.78 is 11.6. The Morgan fingerprint density at radius 3 is 1.92 bits per heavy atom. The summed E-state index contributed by atoms with van der Waals surface area (Å²) in [5, 5.41) is 13.4. The molecule has 3 aromatic rings. The number of anilines is 1. The number of ether oxygens (including phenoxy) is 2. The minimum atomic E-state index is -1.26. The lowest BCUT2D eigenvalue weighted by molar-refractivity contribution is -0.160. The standard InChI is InChI=1S/C32H39NO5/c1-17-11-12-24(15-18(17)2)27-20(4)26(23-13-14-25(37-10)19(3)16-23)28(21(5)29(27)33-22(6)34)30(31(35)36)38-32(7,8)9/h11-16,30H,1-10H3,(H,33,34)(H,35,36). The predicted octanol–water partition coefficient (Wildman–Crippen LogP) is 7.47. The molecule has 0 aliphatic heterocycles. The number of rotatable bonds is 7. The van der Waals surface area contributed by atoms with Gasteiger partial charge in [0.25, 0.3) is 0 Å². The van der Waals surface area contributed by atoms with Crippen LogP contribution in [0.1, 0.15) is 67.2 Å². The maximum atomic E-state index is 12.7. The number of carboxylic acids is 1. The largest absolute Gasteiger partial charge is 0.496 e. The highest BCUT2D eigenvalue weighted by atomic mass is 16.5. The molecule has 1 unspecified atom stereocenters. The first kappa shape index (κ1) is 28.9. The summed E-state index contributed by atoms with van der Waals surface area (Å²) in [6, 6.07) is 12.0. The van der Waals surface area contributed by atoms with Crippen LogP contribution in [-0.2, 0) is 14.3 Å². The lowest BCUT2D eigenvalue weighted by Crippen LogP contribution is -2.29. The van der Waals surface area contributed by atoms with Crippen molar-refractivity contribution in [2.75, 3.05) is 12.4 Å². The van der Waals surface area contributed by atoms with E-state index in [2.05, 4.69) is 31.3 Å². The van der Waals surface area contributed by atoms with Crippen molar-refractivity contribution in [3.8, 4) is 28.0 Å². The maximum absolute atomic E-state index is 12.7. The second kappa shape index (κ2) is 11.0. The van der Waals surface area contributed by atoms with Gasteiger partial charge in [0, 0.05) is 18.1 Å². The quantitative estimate of drug-likeness (QED) is 0.340. The summed E-state index contributed by atoms with van der Waals surface area (Å²) in [7, 11) is 1.63. The Morgan fingerprint density at radius 1 is 0.842 bits per heavy atom. The van der Waals surface area contributed by atoms with Gasteiger partial charge in [-0.25, -0.2) is 4.79 Å². The fraction of sp³-hybridized carbons (Fsp3) is 0.375. The Bertz CT molecular complexity index is 1400. The molecule has 0 spiro atoms. The molecule has 0 aromatic heterocycles. The number of carboxylic acid groups (broad SMARTS) is 1. The van der Waals surface area contributed by atoms with Gasteiger partial charge < -0.3 is 19.9 Å². The van der Waals surface area contributed by atoms with Crippen molar-refractivity contribution in [3.05, 3.63) is 69.8 Å². The first-order chi connectivity index (χ1) is 17.7. The fourth-order valence-corrected chi connectivity index (χ4v) is 4.93. The van der Waals surface area contributed by atoms with Crippen LogP contribution in [0.5, 0.6) is 5.75 Å². The molecule has 3 rings (SSSR count). The summed E-state index contributed by atoms with van der Waals surface area (Å²) in [6.07, 6.45) is -1.26. The number of hydrogen-bond acceptors (Lipinski definition) is 4. The Morgan fingerprint density at radius 2 is 1.42 bits per heavy atom. The van der Waals surface area contributed by atoms with Crippen molar-refractivity contribution in [2.24, 2.45) is 0 Å². The number of carbonyl (C=O) groups excluding carboxylic acids is 1. The van der Waals surface area contributed by atoms with E-state index >= 15 is 0 Å². The Balaban J connectivity index is 2.55. The average Bonchev–Trinajstić information content (AvgIpc) is 2.80. The molecule has 0 heterocycles. The number of methoxy groups -OCH3 is 1. The Kier molecular flexibility index (Phi) is 8.37. The number of aryl methyl sites for hydroxylation is 3. The molecule has 6 heteroatoms. The summed E-state index contributed by atoms with van der Waals surface area (Å²) in [5.74, 6) is -0.587. The highest BCUT2D eigenvalue weighted by molar-refractivity contribution is 6.00. The summed E-state index contributed by atoms with van der Waals surface area (Å²) in [4.78, 5) is 25.2. The van der Waals surface area contributed by atoms with Gasteiger partial charge in [-0.2, -0.15) is 0 Å². The van der Waals surface area contributed by atoms with Gasteiger partial charge in [0.15, 0.2) is 6.10 Å².